The van der Waals surface area contributed by atoms with Gasteiger partial charge in [0.2, 0.25) is 0 Å². The molecule has 1 atom stereocenters. The van der Waals surface area contributed by atoms with Gasteiger partial charge in [0.05, 0.1) is 0 Å². The summed E-state index contributed by atoms with van der Waals surface area (Å²) in [5.74, 6) is 0.103. The Labute approximate surface area is 121 Å². The fourth-order valence-electron chi connectivity index (χ4n) is 3.03. The molecule has 1 aromatic rings. The second-order valence-corrected chi connectivity index (χ2v) is 6.17. The van der Waals surface area contributed by atoms with Crippen LogP contribution in [0.3, 0.4) is 0 Å². The molecule has 3 rings (SSSR count). The highest BCUT2D eigenvalue weighted by Crippen LogP contribution is 2.24. The Bertz CT molecular complexity index is 505. The summed E-state index contributed by atoms with van der Waals surface area (Å²) in [6.45, 7) is 3.88. The van der Waals surface area contributed by atoms with Crippen molar-refractivity contribution in [2.45, 2.75) is 18.9 Å². The summed E-state index contributed by atoms with van der Waals surface area (Å²) in [6.07, 6.45) is 2.48. The van der Waals surface area contributed by atoms with Gasteiger partial charge in [-0.1, -0.05) is 0 Å². The van der Waals surface area contributed by atoms with E-state index in [4.69, 9.17) is 5.73 Å². The Balaban J connectivity index is 1.74. The predicted molar refractivity (Wildman–Crippen MR) is 79.1 cm³/mol. The van der Waals surface area contributed by atoms with E-state index in [2.05, 4.69) is 20.8 Å². The number of fused-ring (bicyclic) bond motifs is 1. The first-order valence-corrected chi connectivity index (χ1v) is 7.53. The van der Waals surface area contributed by atoms with Crippen LogP contribution in [-0.2, 0) is 0 Å². The third kappa shape index (κ3) is 2.49. The fourth-order valence-corrected chi connectivity index (χ4v) is 3.28. The van der Waals surface area contributed by atoms with Crippen LogP contribution in [-0.4, -0.2) is 47.9 Å². The van der Waals surface area contributed by atoms with Crippen LogP contribution in [0.2, 0.25) is 0 Å². The monoisotopic (exact) mass is 323 g/mol. The number of piperazine rings is 1. The van der Waals surface area contributed by atoms with Crippen molar-refractivity contribution in [1.82, 2.24) is 9.80 Å². The lowest BCUT2D eigenvalue weighted by molar-refractivity contribution is 0.0571. The SMILES string of the molecule is Nc1cc(C(=O)N2CCN3CCCC3C2)ccc1Br. The van der Waals surface area contributed by atoms with Crippen molar-refractivity contribution in [3.63, 3.8) is 0 Å². The third-order valence-corrected chi connectivity index (χ3v) is 4.84. The highest BCUT2D eigenvalue weighted by molar-refractivity contribution is 9.10. The summed E-state index contributed by atoms with van der Waals surface area (Å²) in [5.41, 5.74) is 7.15. The topological polar surface area (TPSA) is 49.6 Å². The fraction of sp³-hybridized carbons (Fsp3) is 0.500. The molecule has 4 nitrogen and oxygen atoms in total. The van der Waals surface area contributed by atoms with Crippen LogP contribution in [0.4, 0.5) is 5.69 Å². The molecule has 19 heavy (non-hydrogen) atoms. The molecule has 2 heterocycles. The van der Waals surface area contributed by atoms with Crippen molar-refractivity contribution in [3.05, 3.63) is 28.2 Å². The molecule has 0 aromatic heterocycles. The normalized spacial score (nSPS) is 23.4. The maximum absolute atomic E-state index is 12.5. The van der Waals surface area contributed by atoms with Gasteiger partial charge in [0.25, 0.3) is 5.91 Å². The number of nitrogens with zero attached hydrogens (tertiary/aromatic N) is 2. The zero-order valence-electron chi connectivity index (χ0n) is 10.8. The van der Waals surface area contributed by atoms with Crippen LogP contribution in [0.5, 0.6) is 0 Å². The largest absolute Gasteiger partial charge is 0.398 e. The summed E-state index contributed by atoms with van der Waals surface area (Å²) in [4.78, 5) is 17.0. The van der Waals surface area contributed by atoms with Crippen LogP contribution in [0.15, 0.2) is 22.7 Å². The van der Waals surface area contributed by atoms with Gasteiger partial charge < -0.3 is 10.6 Å². The van der Waals surface area contributed by atoms with Crippen molar-refractivity contribution in [2.75, 3.05) is 31.9 Å². The van der Waals surface area contributed by atoms with Crippen molar-refractivity contribution < 1.29 is 4.79 Å². The van der Waals surface area contributed by atoms with Crippen LogP contribution in [0.25, 0.3) is 0 Å². The van der Waals surface area contributed by atoms with Crippen LogP contribution >= 0.6 is 15.9 Å². The molecule has 1 unspecified atom stereocenters. The van der Waals surface area contributed by atoms with E-state index in [9.17, 15) is 4.79 Å². The minimum Gasteiger partial charge on any atom is -0.398 e. The predicted octanol–water partition coefficient (Wildman–Crippen LogP) is 1.95. The van der Waals surface area contributed by atoms with E-state index in [1.54, 1.807) is 6.07 Å². The van der Waals surface area contributed by atoms with Gasteiger partial charge in [-0.2, -0.15) is 0 Å². The second-order valence-electron chi connectivity index (χ2n) is 5.32. The quantitative estimate of drug-likeness (QED) is 0.804. The molecule has 5 heteroatoms. The smallest absolute Gasteiger partial charge is 0.254 e. The second kappa shape index (κ2) is 5.13. The van der Waals surface area contributed by atoms with E-state index < -0.39 is 0 Å². The number of hydrogen-bond acceptors (Lipinski definition) is 3. The molecule has 1 amide bonds. The highest BCUT2D eigenvalue weighted by atomic mass is 79.9. The Kier molecular flexibility index (Phi) is 3.50. The maximum Gasteiger partial charge on any atom is 0.254 e. The molecule has 2 fully saturated rings. The molecule has 2 N–H and O–H groups in total. The molecule has 2 saturated heterocycles. The maximum atomic E-state index is 12.5. The first-order valence-electron chi connectivity index (χ1n) is 6.73. The minimum atomic E-state index is 0.103. The number of halogens is 1. The summed E-state index contributed by atoms with van der Waals surface area (Å²) in [5, 5.41) is 0. The first-order chi connectivity index (χ1) is 9.15. The van der Waals surface area contributed by atoms with Crippen molar-refractivity contribution >= 4 is 27.5 Å². The van der Waals surface area contributed by atoms with Crippen LogP contribution in [0, 0.1) is 0 Å². The van der Waals surface area contributed by atoms with Crippen molar-refractivity contribution in [1.29, 1.82) is 0 Å². The van der Waals surface area contributed by atoms with E-state index in [0.29, 0.717) is 17.3 Å². The lowest BCUT2D eigenvalue weighted by Gasteiger charge is -2.37. The van der Waals surface area contributed by atoms with Gasteiger partial charge in [-0.25, -0.2) is 0 Å². The number of anilines is 1. The zero-order chi connectivity index (χ0) is 13.4. The van der Waals surface area contributed by atoms with E-state index >= 15 is 0 Å². The average molecular weight is 324 g/mol. The molecule has 0 bridgehead atoms. The van der Waals surface area contributed by atoms with Gasteiger partial charge in [0, 0.05) is 41.4 Å². The molecule has 2 aliphatic rings. The Morgan fingerprint density at radius 2 is 2.16 bits per heavy atom. The molecule has 0 saturated carbocycles. The van der Waals surface area contributed by atoms with E-state index in [1.165, 1.54) is 19.4 Å². The van der Waals surface area contributed by atoms with Gasteiger partial charge >= 0.3 is 0 Å². The van der Waals surface area contributed by atoms with E-state index in [-0.39, 0.29) is 5.91 Å². The minimum absolute atomic E-state index is 0.103. The molecule has 1 aromatic carbocycles. The summed E-state index contributed by atoms with van der Waals surface area (Å²) >= 11 is 3.35. The summed E-state index contributed by atoms with van der Waals surface area (Å²) in [6, 6.07) is 6.00. The van der Waals surface area contributed by atoms with E-state index in [1.807, 2.05) is 17.0 Å². The van der Waals surface area contributed by atoms with Gasteiger partial charge in [0.1, 0.15) is 0 Å². The lowest BCUT2D eigenvalue weighted by Crippen LogP contribution is -2.52. The average Bonchev–Trinajstić information content (AvgIpc) is 2.88. The molecule has 102 valence electrons. The number of hydrogen-bond donors (Lipinski definition) is 1. The van der Waals surface area contributed by atoms with Gasteiger partial charge in [-0.05, 0) is 53.5 Å². The number of benzene rings is 1. The first kappa shape index (κ1) is 12.9. The standard InChI is InChI=1S/C14H18BrN3O/c15-12-4-3-10(8-13(12)16)14(19)18-7-6-17-5-1-2-11(17)9-18/h3-4,8,11H,1-2,5-7,9,16H2. The zero-order valence-corrected chi connectivity index (χ0v) is 12.4. The van der Waals surface area contributed by atoms with Gasteiger partial charge in [0.15, 0.2) is 0 Å². The van der Waals surface area contributed by atoms with Crippen molar-refractivity contribution in [2.24, 2.45) is 0 Å². The number of carbonyl (C=O) groups is 1. The van der Waals surface area contributed by atoms with Crippen molar-refractivity contribution in [3.8, 4) is 0 Å². The summed E-state index contributed by atoms with van der Waals surface area (Å²) in [7, 11) is 0. The molecule has 2 aliphatic heterocycles. The molecular weight excluding hydrogens is 306 g/mol. The Hall–Kier alpha value is -1.07. The molecular formula is C14H18BrN3O. The molecule has 0 aliphatic carbocycles. The number of carbonyl (C=O) groups excluding carboxylic acids is 1. The Morgan fingerprint density at radius 1 is 1.32 bits per heavy atom. The Morgan fingerprint density at radius 3 is 2.95 bits per heavy atom. The number of nitrogen functional groups attached to an aromatic ring is 1. The van der Waals surface area contributed by atoms with Gasteiger partial charge in [-0.3, -0.25) is 9.69 Å². The number of nitrogens with two attached hydrogens (primary N) is 1. The number of rotatable bonds is 1. The van der Waals surface area contributed by atoms with Gasteiger partial charge in [-0.15, -0.1) is 0 Å². The van der Waals surface area contributed by atoms with Crippen LogP contribution in [0.1, 0.15) is 23.2 Å². The summed E-state index contributed by atoms with van der Waals surface area (Å²) < 4.78 is 0.838. The van der Waals surface area contributed by atoms with Crippen LogP contribution < -0.4 is 5.73 Å². The third-order valence-electron chi connectivity index (χ3n) is 4.12. The molecule has 0 radical (unpaired) electrons. The highest BCUT2D eigenvalue weighted by Gasteiger charge is 2.32. The lowest BCUT2D eigenvalue weighted by atomic mass is 10.1. The number of amides is 1. The molecule has 0 spiro atoms. The van der Waals surface area contributed by atoms with E-state index in [0.717, 1.165) is 24.1 Å².